The van der Waals surface area contributed by atoms with Crippen LogP contribution in [0.5, 0.6) is 0 Å². The van der Waals surface area contributed by atoms with Crippen molar-refractivity contribution in [1.82, 2.24) is 0 Å². The molecule has 2 aromatic rings. The summed E-state index contributed by atoms with van der Waals surface area (Å²) in [7, 11) is 0. The molecule has 2 atom stereocenters. The number of rotatable bonds is 3. The van der Waals surface area contributed by atoms with Crippen LogP contribution in [-0.2, 0) is 4.74 Å². The summed E-state index contributed by atoms with van der Waals surface area (Å²) >= 11 is 5.86. The average molecular weight is 322 g/mol. The van der Waals surface area contributed by atoms with E-state index in [4.69, 9.17) is 16.3 Å². The molecule has 4 nitrogen and oxygen atoms in total. The van der Waals surface area contributed by atoms with Crippen molar-refractivity contribution < 1.29 is 19.0 Å². The van der Waals surface area contributed by atoms with Crippen molar-refractivity contribution in [3.8, 4) is 0 Å². The first-order chi connectivity index (χ1) is 10.6. The Balaban J connectivity index is 2.05. The second kappa shape index (κ2) is 5.94. The van der Waals surface area contributed by atoms with Gasteiger partial charge in [0.1, 0.15) is 11.9 Å². The Kier molecular flexibility index (Phi) is 4.00. The number of carbonyl (C=O) groups excluding carboxylic acids is 1. The van der Waals surface area contributed by atoms with E-state index in [1.807, 2.05) is 0 Å². The fourth-order valence-electron chi connectivity index (χ4n) is 2.59. The molecule has 0 radical (unpaired) electrons. The van der Waals surface area contributed by atoms with Crippen LogP contribution in [0.15, 0.2) is 48.5 Å². The Morgan fingerprint density at radius 3 is 2.59 bits per heavy atom. The molecule has 1 heterocycles. The number of benzene rings is 2. The van der Waals surface area contributed by atoms with Gasteiger partial charge in [0, 0.05) is 10.7 Å². The molecule has 0 aliphatic carbocycles. The van der Waals surface area contributed by atoms with E-state index in [2.05, 4.69) is 0 Å². The number of carbonyl (C=O) groups is 1. The van der Waals surface area contributed by atoms with Gasteiger partial charge < -0.3 is 9.84 Å². The predicted octanol–water partition coefficient (Wildman–Crippen LogP) is 3.54. The van der Waals surface area contributed by atoms with Gasteiger partial charge in [-0.1, -0.05) is 23.7 Å². The number of amides is 1. The van der Waals surface area contributed by atoms with Crippen LogP contribution < -0.4 is 4.90 Å². The number of hydrogen-bond donors (Lipinski definition) is 1. The highest BCUT2D eigenvalue weighted by atomic mass is 35.5. The number of anilines is 1. The normalized spacial score (nSPS) is 21.0. The first-order valence-corrected chi connectivity index (χ1v) is 7.09. The largest absolute Gasteiger partial charge is 0.441 e. The molecule has 114 valence electrons. The number of hydrogen-bond acceptors (Lipinski definition) is 3. The number of nitrogens with zero attached hydrogens (tertiary/aromatic N) is 1. The van der Waals surface area contributed by atoms with Crippen molar-refractivity contribution in [3.63, 3.8) is 0 Å². The molecule has 1 saturated heterocycles. The van der Waals surface area contributed by atoms with Gasteiger partial charge >= 0.3 is 6.09 Å². The lowest BCUT2D eigenvalue weighted by Crippen LogP contribution is -2.30. The van der Waals surface area contributed by atoms with Gasteiger partial charge in [0.15, 0.2) is 6.10 Å². The van der Waals surface area contributed by atoms with E-state index >= 15 is 0 Å². The lowest BCUT2D eigenvalue weighted by molar-refractivity contribution is 0.0829. The van der Waals surface area contributed by atoms with Crippen LogP contribution in [-0.4, -0.2) is 23.9 Å². The van der Waals surface area contributed by atoms with E-state index < -0.39 is 24.1 Å². The molecule has 1 aliphatic heterocycles. The highest BCUT2D eigenvalue weighted by molar-refractivity contribution is 6.30. The fourth-order valence-corrected chi connectivity index (χ4v) is 2.72. The van der Waals surface area contributed by atoms with Crippen LogP contribution in [0.1, 0.15) is 11.6 Å². The Hall–Kier alpha value is -2.11. The van der Waals surface area contributed by atoms with Crippen LogP contribution in [0.25, 0.3) is 0 Å². The van der Waals surface area contributed by atoms with Gasteiger partial charge in [0.25, 0.3) is 0 Å². The summed E-state index contributed by atoms with van der Waals surface area (Å²) < 4.78 is 18.7. The zero-order chi connectivity index (χ0) is 15.7. The van der Waals surface area contributed by atoms with Crippen molar-refractivity contribution in [2.75, 3.05) is 11.5 Å². The van der Waals surface area contributed by atoms with Gasteiger partial charge in [-0.2, -0.15) is 0 Å². The van der Waals surface area contributed by atoms with Gasteiger partial charge in [0.2, 0.25) is 0 Å². The van der Waals surface area contributed by atoms with Crippen molar-refractivity contribution in [2.24, 2.45) is 0 Å². The lowest BCUT2D eigenvalue weighted by Gasteiger charge is -2.24. The third-order valence-electron chi connectivity index (χ3n) is 3.55. The highest BCUT2D eigenvalue weighted by Crippen LogP contribution is 2.37. The minimum atomic E-state index is -0.759. The van der Waals surface area contributed by atoms with Crippen LogP contribution in [0.4, 0.5) is 14.9 Å². The molecule has 3 rings (SSSR count). The van der Waals surface area contributed by atoms with Crippen molar-refractivity contribution >= 4 is 23.4 Å². The number of ether oxygens (including phenoxy) is 1. The summed E-state index contributed by atoms with van der Waals surface area (Å²) in [6, 6.07) is 12.0. The molecule has 0 unspecified atom stereocenters. The molecule has 0 saturated carbocycles. The second-order valence-electron chi connectivity index (χ2n) is 4.95. The minimum absolute atomic E-state index is 0.350. The smallest absolute Gasteiger partial charge is 0.415 e. The summed E-state index contributed by atoms with van der Waals surface area (Å²) in [6.45, 7) is -0.350. The Morgan fingerprint density at radius 2 is 1.95 bits per heavy atom. The molecule has 2 aromatic carbocycles. The maximum Gasteiger partial charge on any atom is 0.415 e. The molecule has 22 heavy (non-hydrogen) atoms. The number of cyclic esters (lactones) is 1. The second-order valence-corrected chi connectivity index (χ2v) is 5.39. The molecular formula is C16H13ClFNO3. The fraction of sp³-hybridized carbons (Fsp3) is 0.188. The predicted molar refractivity (Wildman–Crippen MR) is 80.4 cm³/mol. The molecule has 0 aromatic heterocycles. The first kappa shape index (κ1) is 14.8. The quantitative estimate of drug-likeness (QED) is 0.940. The third kappa shape index (κ3) is 2.65. The zero-order valence-corrected chi connectivity index (χ0v) is 12.2. The number of aliphatic hydroxyl groups is 1. The minimum Gasteiger partial charge on any atom is -0.441 e. The van der Waals surface area contributed by atoms with Gasteiger partial charge in [-0.3, -0.25) is 4.90 Å². The molecule has 0 bridgehead atoms. The molecule has 1 aliphatic rings. The van der Waals surface area contributed by atoms with E-state index in [0.717, 1.165) is 0 Å². The lowest BCUT2D eigenvalue weighted by atomic mass is 10.0. The van der Waals surface area contributed by atoms with E-state index in [1.165, 1.54) is 17.0 Å². The summed E-state index contributed by atoms with van der Waals surface area (Å²) in [5.74, 6) is -0.412. The maximum absolute atomic E-state index is 13.5. The number of halogens is 2. The standard InChI is InChI=1S/C16H13ClFNO3/c17-11-4-6-13(7-5-11)19-15(14(9-20)22-16(19)21)10-2-1-3-12(18)8-10/h1-8,14-15,20H,9H2/t14-,15-/m0/s1. The van der Waals surface area contributed by atoms with Crippen molar-refractivity contribution in [1.29, 1.82) is 0 Å². The van der Waals surface area contributed by atoms with E-state index in [1.54, 1.807) is 36.4 Å². The van der Waals surface area contributed by atoms with E-state index in [-0.39, 0.29) is 6.61 Å². The topological polar surface area (TPSA) is 49.8 Å². The van der Waals surface area contributed by atoms with Gasteiger partial charge in [-0.05, 0) is 42.0 Å². The van der Waals surface area contributed by atoms with Crippen LogP contribution in [0.2, 0.25) is 5.02 Å². The van der Waals surface area contributed by atoms with E-state index in [0.29, 0.717) is 16.3 Å². The summed E-state index contributed by atoms with van der Waals surface area (Å²) in [5.41, 5.74) is 1.12. The summed E-state index contributed by atoms with van der Waals surface area (Å²) in [4.78, 5) is 13.6. The monoisotopic (exact) mass is 321 g/mol. The zero-order valence-electron chi connectivity index (χ0n) is 11.4. The third-order valence-corrected chi connectivity index (χ3v) is 3.81. The molecular weight excluding hydrogens is 309 g/mol. The van der Waals surface area contributed by atoms with Gasteiger partial charge in [0.05, 0.1) is 6.61 Å². The number of aliphatic hydroxyl groups excluding tert-OH is 1. The summed E-state index contributed by atoms with van der Waals surface area (Å²) in [6.07, 6.45) is -1.35. The van der Waals surface area contributed by atoms with Crippen LogP contribution in [0.3, 0.4) is 0 Å². The molecule has 1 amide bonds. The van der Waals surface area contributed by atoms with Crippen molar-refractivity contribution in [2.45, 2.75) is 12.1 Å². The van der Waals surface area contributed by atoms with Gasteiger partial charge in [-0.15, -0.1) is 0 Å². The molecule has 0 spiro atoms. The van der Waals surface area contributed by atoms with Gasteiger partial charge in [-0.25, -0.2) is 9.18 Å². The Labute approximate surface area is 131 Å². The maximum atomic E-state index is 13.5. The Bertz CT molecular complexity index is 692. The van der Waals surface area contributed by atoms with Crippen LogP contribution in [0, 0.1) is 5.82 Å². The Morgan fingerprint density at radius 1 is 1.23 bits per heavy atom. The molecule has 1 N–H and O–H groups in total. The van der Waals surface area contributed by atoms with Crippen molar-refractivity contribution in [3.05, 3.63) is 64.9 Å². The van der Waals surface area contributed by atoms with E-state index in [9.17, 15) is 14.3 Å². The molecule has 1 fully saturated rings. The first-order valence-electron chi connectivity index (χ1n) is 6.72. The van der Waals surface area contributed by atoms with Crippen LogP contribution >= 0.6 is 11.6 Å². The summed E-state index contributed by atoms with van der Waals surface area (Å²) in [5, 5.41) is 10.0. The average Bonchev–Trinajstić information content (AvgIpc) is 2.85. The SMILES string of the molecule is O=C1O[C@@H](CO)[C@H](c2cccc(F)c2)N1c1ccc(Cl)cc1. The highest BCUT2D eigenvalue weighted by Gasteiger charge is 2.43. The molecule has 6 heteroatoms.